The summed E-state index contributed by atoms with van der Waals surface area (Å²) < 4.78 is 10.5. The van der Waals surface area contributed by atoms with Crippen LogP contribution in [0.1, 0.15) is 25.3 Å². The highest BCUT2D eigenvalue weighted by molar-refractivity contribution is 6.32. The number of carbonyl (C=O) groups is 1. The summed E-state index contributed by atoms with van der Waals surface area (Å²) in [5.41, 5.74) is 0.617. The van der Waals surface area contributed by atoms with E-state index in [1.54, 1.807) is 12.1 Å². The molecule has 0 saturated heterocycles. The maximum absolute atomic E-state index is 11.6. The number of nitrogens with one attached hydrogen (secondary N) is 1. The van der Waals surface area contributed by atoms with Gasteiger partial charge in [-0.1, -0.05) is 24.9 Å². The number of rotatable bonds is 8. The van der Waals surface area contributed by atoms with Gasteiger partial charge in [-0.15, -0.1) is 0 Å². The summed E-state index contributed by atoms with van der Waals surface area (Å²) in [6.07, 6.45) is 1.95. The molecule has 0 saturated carbocycles. The predicted molar refractivity (Wildman–Crippen MR) is 77.3 cm³/mol. The highest BCUT2D eigenvalue weighted by atomic mass is 35.5. The molecular formula is C14H20ClNO4. The summed E-state index contributed by atoms with van der Waals surface area (Å²) in [7, 11) is 1.47. The number of halogens is 1. The topological polar surface area (TPSA) is 67.8 Å². The Kier molecular flexibility index (Phi) is 7.18. The molecule has 0 aliphatic heterocycles. The molecule has 0 bridgehead atoms. The summed E-state index contributed by atoms with van der Waals surface area (Å²) in [6.45, 7) is 2.41. The highest BCUT2D eigenvalue weighted by Gasteiger charge is 2.13. The first kappa shape index (κ1) is 16.6. The van der Waals surface area contributed by atoms with Gasteiger partial charge in [-0.05, 0) is 24.1 Å². The number of hydrogen-bond donors (Lipinski definition) is 2. The smallest absolute Gasteiger partial charge is 0.257 e. The summed E-state index contributed by atoms with van der Waals surface area (Å²) >= 11 is 6.05. The number of hydrogen-bond acceptors (Lipinski definition) is 4. The second-order valence-electron chi connectivity index (χ2n) is 4.26. The lowest BCUT2D eigenvalue weighted by molar-refractivity contribution is -0.123. The van der Waals surface area contributed by atoms with Gasteiger partial charge in [0, 0.05) is 6.54 Å². The van der Waals surface area contributed by atoms with Gasteiger partial charge in [-0.25, -0.2) is 0 Å². The van der Waals surface area contributed by atoms with Gasteiger partial charge in [0.05, 0.1) is 18.7 Å². The Morgan fingerprint density at radius 3 is 2.80 bits per heavy atom. The molecule has 1 aromatic rings. The van der Waals surface area contributed by atoms with E-state index in [1.807, 2.05) is 0 Å². The largest absolute Gasteiger partial charge is 0.493 e. The third kappa shape index (κ3) is 4.90. The van der Waals surface area contributed by atoms with Crippen LogP contribution in [-0.2, 0) is 11.4 Å². The third-order valence-corrected chi connectivity index (χ3v) is 2.95. The number of methoxy groups -OCH3 is 1. The van der Waals surface area contributed by atoms with Crippen LogP contribution in [0.15, 0.2) is 12.1 Å². The van der Waals surface area contributed by atoms with Gasteiger partial charge < -0.3 is 19.9 Å². The van der Waals surface area contributed by atoms with Crippen LogP contribution < -0.4 is 14.8 Å². The van der Waals surface area contributed by atoms with Crippen molar-refractivity contribution >= 4 is 17.5 Å². The summed E-state index contributed by atoms with van der Waals surface area (Å²) in [5, 5.41) is 12.1. The van der Waals surface area contributed by atoms with Crippen molar-refractivity contribution in [3.8, 4) is 11.5 Å². The third-order valence-electron chi connectivity index (χ3n) is 2.67. The molecule has 1 rings (SSSR count). The molecule has 0 aliphatic rings. The molecule has 5 nitrogen and oxygen atoms in total. The number of unbranched alkanes of at least 4 members (excludes halogenated alkanes) is 1. The van der Waals surface area contributed by atoms with Crippen LogP contribution in [0.2, 0.25) is 5.02 Å². The van der Waals surface area contributed by atoms with Crippen molar-refractivity contribution in [2.75, 3.05) is 20.3 Å². The Morgan fingerprint density at radius 1 is 1.45 bits per heavy atom. The van der Waals surface area contributed by atoms with Crippen molar-refractivity contribution in [3.63, 3.8) is 0 Å². The normalized spacial score (nSPS) is 10.2. The number of amides is 1. The molecule has 2 N–H and O–H groups in total. The molecule has 0 unspecified atom stereocenters. The standard InChI is InChI=1S/C14H20ClNO4/c1-3-4-5-16-13(18)9-20-14-11(15)6-10(8-17)7-12(14)19-2/h6-7,17H,3-5,8-9H2,1-2H3,(H,16,18). The van der Waals surface area contributed by atoms with Gasteiger partial charge in [-0.3, -0.25) is 4.79 Å². The van der Waals surface area contributed by atoms with E-state index in [0.29, 0.717) is 28.6 Å². The van der Waals surface area contributed by atoms with Crippen molar-refractivity contribution in [1.82, 2.24) is 5.32 Å². The molecule has 1 amide bonds. The maximum atomic E-state index is 11.6. The molecule has 0 heterocycles. The lowest BCUT2D eigenvalue weighted by atomic mass is 10.2. The van der Waals surface area contributed by atoms with E-state index in [2.05, 4.69) is 12.2 Å². The van der Waals surface area contributed by atoms with Crippen molar-refractivity contribution in [2.24, 2.45) is 0 Å². The van der Waals surface area contributed by atoms with Crippen LogP contribution in [0.25, 0.3) is 0 Å². The quantitative estimate of drug-likeness (QED) is 0.722. The number of benzene rings is 1. The van der Waals surface area contributed by atoms with Crippen molar-refractivity contribution in [1.29, 1.82) is 0 Å². The van der Waals surface area contributed by atoms with Crippen LogP contribution >= 0.6 is 11.6 Å². The predicted octanol–water partition coefficient (Wildman–Crippen LogP) is 2.14. The fourth-order valence-electron chi connectivity index (χ4n) is 1.60. The van der Waals surface area contributed by atoms with Crippen LogP contribution in [0, 0.1) is 0 Å². The second kappa shape index (κ2) is 8.66. The van der Waals surface area contributed by atoms with E-state index in [1.165, 1.54) is 7.11 Å². The van der Waals surface area contributed by atoms with E-state index in [9.17, 15) is 4.79 Å². The summed E-state index contributed by atoms with van der Waals surface area (Å²) in [6, 6.07) is 3.20. The molecule has 0 fully saturated rings. The Balaban J connectivity index is 2.65. The van der Waals surface area contributed by atoms with Crippen molar-refractivity contribution in [2.45, 2.75) is 26.4 Å². The number of ether oxygens (including phenoxy) is 2. The SMILES string of the molecule is CCCCNC(=O)COc1c(Cl)cc(CO)cc1OC. The average Bonchev–Trinajstić information content (AvgIpc) is 2.45. The summed E-state index contributed by atoms with van der Waals surface area (Å²) in [5.74, 6) is 0.489. The molecule has 112 valence electrons. The number of carbonyl (C=O) groups excluding carboxylic acids is 1. The zero-order valence-electron chi connectivity index (χ0n) is 11.7. The van der Waals surface area contributed by atoms with E-state index < -0.39 is 0 Å². The van der Waals surface area contributed by atoms with Gasteiger partial charge in [0.1, 0.15) is 0 Å². The molecule has 0 spiro atoms. The molecule has 20 heavy (non-hydrogen) atoms. The van der Waals surface area contributed by atoms with Gasteiger partial charge >= 0.3 is 0 Å². The fraction of sp³-hybridized carbons (Fsp3) is 0.500. The first-order valence-corrected chi connectivity index (χ1v) is 6.86. The molecule has 0 atom stereocenters. The van der Waals surface area contributed by atoms with E-state index in [0.717, 1.165) is 12.8 Å². The number of aliphatic hydroxyl groups excluding tert-OH is 1. The van der Waals surface area contributed by atoms with E-state index in [-0.39, 0.29) is 19.1 Å². The lowest BCUT2D eigenvalue weighted by Gasteiger charge is -2.13. The van der Waals surface area contributed by atoms with Crippen molar-refractivity contribution in [3.05, 3.63) is 22.7 Å². The van der Waals surface area contributed by atoms with Crippen LogP contribution in [-0.4, -0.2) is 31.3 Å². The summed E-state index contributed by atoms with van der Waals surface area (Å²) in [4.78, 5) is 11.6. The Morgan fingerprint density at radius 2 is 2.20 bits per heavy atom. The fourth-order valence-corrected chi connectivity index (χ4v) is 1.89. The van der Waals surface area contributed by atoms with Gasteiger partial charge in [-0.2, -0.15) is 0 Å². The Bertz CT molecular complexity index is 451. The highest BCUT2D eigenvalue weighted by Crippen LogP contribution is 2.36. The van der Waals surface area contributed by atoms with Crippen LogP contribution in [0.3, 0.4) is 0 Å². The monoisotopic (exact) mass is 301 g/mol. The molecule has 1 aromatic carbocycles. The van der Waals surface area contributed by atoms with E-state index in [4.69, 9.17) is 26.2 Å². The first-order valence-electron chi connectivity index (χ1n) is 6.49. The number of aliphatic hydroxyl groups is 1. The van der Waals surface area contributed by atoms with Crippen LogP contribution in [0.4, 0.5) is 0 Å². The second-order valence-corrected chi connectivity index (χ2v) is 4.67. The Labute approximate surface area is 123 Å². The van der Waals surface area contributed by atoms with Gasteiger partial charge in [0.25, 0.3) is 5.91 Å². The molecule has 6 heteroatoms. The minimum Gasteiger partial charge on any atom is -0.493 e. The minimum absolute atomic E-state index is 0.127. The Hall–Kier alpha value is -1.46. The van der Waals surface area contributed by atoms with Crippen molar-refractivity contribution < 1.29 is 19.4 Å². The van der Waals surface area contributed by atoms with Crippen LogP contribution in [0.5, 0.6) is 11.5 Å². The molecular weight excluding hydrogens is 282 g/mol. The minimum atomic E-state index is -0.206. The zero-order chi connectivity index (χ0) is 15.0. The maximum Gasteiger partial charge on any atom is 0.257 e. The molecule has 0 radical (unpaired) electrons. The lowest BCUT2D eigenvalue weighted by Crippen LogP contribution is -2.29. The first-order chi connectivity index (χ1) is 9.62. The van der Waals surface area contributed by atoms with Gasteiger partial charge in [0.15, 0.2) is 18.1 Å². The molecule has 0 aromatic heterocycles. The van der Waals surface area contributed by atoms with E-state index >= 15 is 0 Å². The van der Waals surface area contributed by atoms with Gasteiger partial charge in [0.2, 0.25) is 0 Å². The molecule has 0 aliphatic carbocycles. The average molecular weight is 302 g/mol. The zero-order valence-corrected chi connectivity index (χ0v) is 12.5.